The van der Waals surface area contributed by atoms with Gasteiger partial charge in [0.2, 0.25) is 0 Å². The van der Waals surface area contributed by atoms with Gasteiger partial charge < -0.3 is 14.6 Å². The molecule has 0 atom stereocenters. The van der Waals surface area contributed by atoms with Gasteiger partial charge in [-0.2, -0.15) is 0 Å². The minimum atomic E-state index is -0.240. The maximum atomic E-state index is 8.74. The summed E-state index contributed by atoms with van der Waals surface area (Å²) in [5.74, 6) is 1.75. The molecule has 0 aliphatic carbocycles. The quantitative estimate of drug-likeness (QED) is 0.137. The first kappa shape index (κ1) is 26.4. The first-order valence-electron chi connectivity index (χ1n) is 12.9. The molecule has 3 rings (SSSR count). The molecule has 0 radical (unpaired) electrons. The summed E-state index contributed by atoms with van der Waals surface area (Å²) in [5, 5.41) is 8.74. The third kappa shape index (κ3) is 7.14. The number of ether oxygens (including phenoxy) is 2. The lowest BCUT2D eigenvalue weighted by Crippen LogP contribution is -2.29. The lowest BCUT2D eigenvalue weighted by Gasteiger charge is -2.36. The average Bonchev–Trinajstić information content (AvgIpc) is 2.93. The van der Waals surface area contributed by atoms with Crippen LogP contribution in [0.1, 0.15) is 74.5 Å². The molecule has 0 bridgehead atoms. The van der Waals surface area contributed by atoms with Gasteiger partial charge in [0.25, 0.3) is 0 Å². The Morgan fingerprint density at radius 1 is 0.600 bits per heavy atom. The summed E-state index contributed by atoms with van der Waals surface area (Å²) in [7, 11) is 3.43. The van der Waals surface area contributed by atoms with Crippen molar-refractivity contribution in [2.75, 3.05) is 14.2 Å². The van der Waals surface area contributed by atoms with Gasteiger partial charge in [0, 0.05) is 5.41 Å². The monoisotopic (exact) mass is 472 g/mol. The van der Waals surface area contributed by atoms with Crippen LogP contribution >= 0.6 is 0 Å². The Labute approximate surface area is 211 Å². The molecule has 0 aromatic heterocycles. The highest BCUT2D eigenvalue weighted by molar-refractivity contribution is 5.52. The van der Waals surface area contributed by atoms with Gasteiger partial charge in [-0.25, -0.2) is 0 Å². The predicted octanol–water partition coefficient (Wildman–Crippen LogP) is 8.62. The average molecular weight is 473 g/mol. The van der Waals surface area contributed by atoms with Crippen molar-refractivity contribution in [3.05, 3.63) is 108 Å². The summed E-state index contributed by atoms with van der Waals surface area (Å²) < 4.78 is 10.9. The largest absolute Gasteiger partial charge is 0.516 e. The third-order valence-electron chi connectivity index (χ3n) is 6.96. The minimum absolute atomic E-state index is 0.240. The lowest BCUT2D eigenvalue weighted by atomic mass is 9.66. The van der Waals surface area contributed by atoms with Gasteiger partial charge in [0.05, 0.1) is 20.5 Å². The van der Waals surface area contributed by atoms with Crippen LogP contribution in [0.5, 0.6) is 11.5 Å². The molecule has 35 heavy (non-hydrogen) atoms. The van der Waals surface area contributed by atoms with Crippen LogP contribution in [0.25, 0.3) is 0 Å². The standard InChI is InChI=1S/C32H40O3/c1-34-30-21-17-28(18-22-30)32(27-15-11-10-12-16-27,29-19-23-31(35-2)24-20-29)25-13-8-6-4-3-5-7-9-14-26-33/h10-12,14-24,26,33H,3-9,13,25H2,1-2H3/b26-14+. The molecular weight excluding hydrogens is 432 g/mol. The number of benzene rings is 3. The second-order valence-electron chi connectivity index (χ2n) is 9.13. The van der Waals surface area contributed by atoms with Gasteiger partial charge in [-0.15, -0.1) is 0 Å². The number of aliphatic hydroxyl groups is 1. The van der Waals surface area contributed by atoms with E-state index in [0.717, 1.165) is 43.4 Å². The highest BCUT2D eigenvalue weighted by Crippen LogP contribution is 2.44. The van der Waals surface area contributed by atoms with Crippen LogP contribution in [-0.2, 0) is 5.41 Å². The minimum Gasteiger partial charge on any atom is -0.516 e. The summed E-state index contributed by atoms with van der Waals surface area (Å²) in [6.07, 6.45) is 13.6. The summed E-state index contributed by atoms with van der Waals surface area (Å²) in [6.45, 7) is 0. The topological polar surface area (TPSA) is 38.7 Å². The maximum absolute atomic E-state index is 8.74. The molecule has 3 nitrogen and oxygen atoms in total. The van der Waals surface area contributed by atoms with E-state index in [2.05, 4.69) is 78.9 Å². The summed E-state index contributed by atoms with van der Waals surface area (Å²) in [5.41, 5.74) is 3.64. The number of methoxy groups -OCH3 is 2. The Balaban J connectivity index is 1.82. The van der Waals surface area contributed by atoms with E-state index in [1.165, 1.54) is 48.8 Å². The van der Waals surface area contributed by atoms with Crippen LogP contribution in [0.15, 0.2) is 91.2 Å². The highest BCUT2D eigenvalue weighted by atomic mass is 16.5. The van der Waals surface area contributed by atoms with E-state index in [1.54, 1.807) is 14.2 Å². The molecule has 0 saturated heterocycles. The predicted molar refractivity (Wildman–Crippen MR) is 146 cm³/mol. The van der Waals surface area contributed by atoms with Crippen LogP contribution in [-0.4, -0.2) is 19.3 Å². The number of hydrogen-bond acceptors (Lipinski definition) is 3. The SMILES string of the molecule is COc1ccc(C(CCCCCCCCC/C=C/O)(c2ccccc2)c2ccc(OC)cc2)cc1. The first-order valence-corrected chi connectivity index (χ1v) is 12.9. The summed E-state index contributed by atoms with van der Waals surface area (Å²) >= 11 is 0. The van der Waals surface area contributed by atoms with Crippen molar-refractivity contribution in [1.82, 2.24) is 0 Å². The number of unbranched alkanes of at least 4 members (excludes halogenated alkanes) is 7. The second-order valence-corrected chi connectivity index (χ2v) is 9.13. The smallest absolute Gasteiger partial charge is 0.118 e. The van der Waals surface area contributed by atoms with Gasteiger partial charge in [-0.3, -0.25) is 0 Å². The number of allylic oxidation sites excluding steroid dienone is 1. The molecule has 3 aromatic carbocycles. The second kappa shape index (κ2) is 14.3. The van der Waals surface area contributed by atoms with Crippen LogP contribution in [0.2, 0.25) is 0 Å². The molecule has 0 heterocycles. The Morgan fingerprint density at radius 3 is 1.54 bits per heavy atom. The Bertz CT molecular complexity index is 944. The van der Waals surface area contributed by atoms with Crippen molar-refractivity contribution < 1.29 is 14.6 Å². The van der Waals surface area contributed by atoms with Crippen molar-refractivity contribution >= 4 is 0 Å². The van der Waals surface area contributed by atoms with Crippen molar-refractivity contribution in [2.45, 2.75) is 63.2 Å². The molecular formula is C32H40O3. The van der Waals surface area contributed by atoms with Gasteiger partial charge >= 0.3 is 0 Å². The Morgan fingerprint density at radius 2 is 1.06 bits per heavy atom. The van der Waals surface area contributed by atoms with Crippen LogP contribution in [0, 0.1) is 0 Å². The zero-order valence-corrected chi connectivity index (χ0v) is 21.3. The maximum Gasteiger partial charge on any atom is 0.118 e. The zero-order chi connectivity index (χ0) is 24.8. The van der Waals surface area contributed by atoms with Crippen molar-refractivity contribution in [3.8, 4) is 11.5 Å². The fourth-order valence-electron chi connectivity index (χ4n) is 5.02. The van der Waals surface area contributed by atoms with Crippen LogP contribution < -0.4 is 9.47 Å². The molecule has 0 aliphatic heterocycles. The van der Waals surface area contributed by atoms with Crippen molar-refractivity contribution in [1.29, 1.82) is 0 Å². The van der Waals surface area contributed by atoms with E-state index in [-0.39, 0.29) is 5.41 Å². The van der Waals surface area contributed by atoms with E-state index < -0.39 is 0 Å². The van der Waals surface area contributed by atoms with Gasteiger partial charge in [0.15, 0.2) is 0 Å². The fraction of sp³-hybridized carbons (Fsp3) is 0.375. The van der Waals surface area contributed by atoms with E-state index in [4.69, 9.17) is 14.6 Å². The Hall–Kier alpha value is -3.20. The summed E-state index contributed by atoms with van der Waals surface area (Å²) in [6, 6.07) is 28.1. The molecule has 0 aliphatic rings. The zero-order valence-electron chi connectivity index (χ0n) is 21.3. The summed E-state index contributed by atoms with van der Waals surface area (Å²) in [4.78, 5) is 0. The van der Waals surface area contributed by atoms with Gasteiger partial charge in [0.1, 0.15) is 11.5 Å². The van der Waals surface area contributed by atoms with Crippen molar-refractivity contribution in [3.63, 3.8) is 0 Å². The van der Waals surface area contributed by atoms with E-state index in [0.29, 0.717) is 0 Å². The third-order valence-corrected chi connectivity index (χ3v) is 6.96. The fourth-order valence-corrected chi connectivity index (χ4v) is 5.02. The lowest BCUT2D eigenvalue weighted by molar-refractivity contribution is 0.413. The number of rotatable bonds is 15. The van der Waals surface area contributed by atoms with E-state index in [9.17, 15) is 0 Å². The molecule has 0 fully saturated rings. The van der Waals surface area contributed by atoms with Crippen LogP contribution in [0.3, 0.4) is 0 Å². The Kier molecular flexibility index (Phi) is 10.8. The normalized spacial score (nSPS) is 11.6. The molecule has 0 spiro atoms. The molecule has 3 aromatic rings. The molecule has 0 saturated carbocycles. The number of aliphatic hydroxyl groups excluding tert-OH is 1. The first-order chi connectivity index (χ1) is 17.2. The van der Waals surface area contributed by atoms with E-state index >= 15 is 0 Å². The molecule has 3 heteroatoms. The van der Waals surface area contributed by atoms with Gasteiger partial charge in [-0.05, 0) is 60.2 Å². The molecule has 1 N–H and O–H groups in total. The number of hydrogen-bond donors (Lipinski definition) is 1. The molecule has 0 amide bonds. The molecule has 0 unspecified atom stereocenters. The van der Waals surface area contributed by atoms with E-state index in [1.807, 2.05) is 6.08 Å². The van der Waals surface area contributed by atoms with Gasteiger partial charge in [-0.1, -0.05) is 99.2 Å². The van der Waals surface area contributed by atoms with Crippen LogP contribution in [0.4, 0.5) is 0 Å². The highest BCUT2D eigenvalue weighted by Gasteiger charge is 2.35. The molecule has 186 valence electrons. The van der Waals surface area contributed by atoms with Crippen molar-refractivity contribution in [2.24, 2.45) is 0 Å².